The van der Waals surface area contributed by atoms with Crippen LogP contribution in [0.25, 0.3) is 0 Å². The van der Waals surface area contributed by atoms with Crippen LogP contribution in [0.4, 0.5) is 0 Å². The lowest BCUT2D eigenvalue weighted by Crippen LogP contribution is -2.40. The summed E-state index contributed by atoms with van der Waals surface area (Å²) in [6.07, 6.45) is 0. The molecular formula is C8H26O3Si4. The molecule has 0 heterocycles. The second-order valence-corrected chi connectivity index (χ2v) is 16.0. The first-order valence-corrected chi connectivity index (χ1v) is 10.1. The van der Waals surface area contributed by atoms with Gasteiger partial charge in [-0.25, -0.2) is 0 Å². The SMILES string of the molecule is CC(C)(C)[SiH](O[SiH2]O[SiH2]O[SiH3])C(C)(C)C. The Morgan fingerprint density at radius 3 is 1.73 bits per heavy atom. The van der Waals surface area contributed by atoms with E-state index in [0.29, 0.717) is 10.1 Å². The van der Waals surface area contributed by atoms with Crippen molar-refractivity contribution in [2.45, 2.75) is 51.6 Å². The summed E-state index contributed by atoms with van der Waals surface area (Å²) in [5.41, 5.74) is 0. The predicted molar refractivity (Wildman–Crippen MR) is 76.9 cm³/mol. The van der Waals surface area contributed by atoms with Gasteiger partial charge in [0, 0.05) is 0 Å². The van der Waals surface area contributed by atoms with Crippen molar-refractivity contribution in [2.24, 2.45) is 0 Å². The Balaban J connectivity index is 4.17. The molecule has 0 spiro atoms. The minimum absolute atomic E-state index is 0.304. The van der Waals surface area contributed by atoms with Crippen LogP contribution in [0.15, 0.2) is 0 Å². The molecule has 0 aromatic carbocycles. The first kappa shape index (κ1) is 15.7. The fourth-order valence-corrected chi connectivity index (χ4v) is 12.9. The van der Waals surface area contributed by atoms with Gasteiger partial charge in [-0.3, -0.25) is 0 Å². The van der Waals surface area contributed by atoms with E-state index in [0.717, 1.165) is 10.5 Å². The molecule has 0 unspecified atom stereocenters. The van der Waals surface area contributed by atoms with Crippen molar-refractivity contribution in [2.75, 3.05) is 0 Å². The smallest absolute Gasteiger partial charge is 0.284 e. The third-order valence-corrected chi connectivity index (χ3v) is 9.39. The highest BCUT2D eigenvalue weighted by Gasteiger charge is 2.37. The lowest BCUT2D eigenvalue weighted by molar-refractivity contribution is 0.399. The molecule has 7 heteroatoms. The second kappa shape index (κ2) is 6.47. The zero-order valence-electron chi connectivity index (χ0n) is 11.2. The topological polar surface area (TPSA) is 27.7 Å². The van der Waals surface area contributed by atoms with Crippen LogP contribution < -0.4 is 0 Å². The van der Waals surface area contributed by atoms with E-state index in [-0.39, 0.29) is 0 Å². The van der Waals surface area contributed by atoms with Gasteiger partial charge in [0.15, 0.2) is 9.04 Å². The molecule has 0 bridgehead atoms. The number of hydrogen-bond acceptors (Lipinski definition) is 3. The van der Waals surface area contributed by atoms with Gasteiger partial charge < -0.3 is 12.3 Å². The van der Waals surface area contributed by atoms with Crippen molar-refractivity contribution in [3.63, 3.8) is 0 Å². The van der Waals surface area contributed by atoms with Gasteiger partial charge in [0.2, 0.25) is 0 Å². The van der Waals surface area contributed by atoms with Gasteiger partial charge in [-0.05, 0) is 10.1 Å². The summed E-state index contributed by atoms with van der Waals surface area (Å²) in [5, 5.41) is 0.607. The van der Waals surface area contributed by atoms with Crippen molar-refractivity contribution in [3.8, 4) is 0 Å². The molecule has 0 saturated heterocycles. The Morgan fingerprint density at radius 1 is 0.933 bits per heavy atom. The zero-order chi connectivity index (χ0) is 12.1. The Kier molecular flexibility index (Phi) is 6.80. The van der Waals surface area contributed by atoms with E-state index in [1.807, 2.05) is 0 Å². The highest BCUT2D eigenvalue weighted by molar-refractivity contribution is 6.63. The summed E-state index contributed by atoms with van der Waals surface area (Å²) in [7, 11) is -1.91. The van der Waals surface area contributed by atoms with Crippen LogP contribution in [0.5, 0.6) is 0 Å². The average Bonchev–Trinajstić information content (AvgIpc) is 1.99. The van der Waals surface area contributed by atoms with E-state index in [1.165, 1.54) is 0 Å². The Morgan fingerprint density at radius 2 is 1.40 bits per heavy atom. The first-order valence-electron chi connectivity index (χ1n) is 5.38. The third kappa shape index (κ3) is 6.82. The minimum Gasteiger partial charge on any atom is -0.449 e. The van der Waals surface area contributed by atoms with Crippen molar-refractivity contribution >= 4 is 39.5 Å². The summed E-state index contributed by atoms with van der Waals surface area (Å²) in [5.74, 6) is 0. The molecule has 0 N–H and O–H groups in total. The van der Waals surface area contributed by atoms with Gasteiger partial charge >= 0.3 is 0 Å². The average molecular weight is 283 g/mol. The molecule has 0 aliphatic carbocycles. The summed E-state index contributed by atoms with van der Waals surface area (Å²) >= 11 is 0. The largest absolute Gasteiger partial charge is 0.449 e. The highest BCUT2D eigenvalue weighted by Crippen LogP contribution is 2.42. The summed E-state index contributed by atoms with van der Waals surface area (Å²) in [6, 6.07) is 0. The van der Waals surface area contributed by atoms with E-state index in [2.05, 4.69) is 41.5 Å². The van der Waals surface area contributed by atoms with Crippen LogP contribution in [0, 0.1) is 0 Å². The van der Waals surface area contributed by atoms with E-state index < -0.39 is 29.1 Å². The first-order chi connectivity index (χ1) is 6.69. The minimum atomic E-state index is -1.24. The molecule has 0 aliphatic heterocycles. The number of hydrogen-bond donors (Lipinski definition) is 0. The van der Waals surface area contributed by atoms with E-state index in [9.17, 15) is 0 Å². The third-order valence-electron chi connectivity index (χ3n) is 2.09. The molecule has 0 fully saturated rings. The van der Waals surface area contributed by atoms with Gasteiger partial charge in [0.1, 0.15) is 10.5 Å². The molecular weight excluding hydrogens is 256 g/mol. The standard InChI is InChI=1S/C8H26O3Si4/c1-7(2,3)15(8(4,5)6)11-14-10-13-9-12/h15H,13-14H2,1-6,12H3. The summed E-state index contributed by atoms with van der Waals surface area (Å²) in [6.45, 7) is 13.7. The summed E-state index contributed by atoms with van der Waals surface area (Å²) < 4.78 is 16.7. The van der Waals surface area contributed by atoms with Gasteiger partial charge in [0.05, 0.1) is 0 Å². The molecule has 0 amide bonds. The van der Waals surface area contributed by atoms with Gasteiger partial charge in [0.25, 0.3) is 20.0 Å². The van der Waals surface area contributed by atoms with Crippen LogP contribution in [0.1, 0.15) is 41.5 Å². The molecule has 0 aromatic heterocycles. The van der Waals surface area contributed by atoms with Gasteiger partial charge in [-0.1, -0.05) is 41.5 Å². The molecule has 0 radical (unpaired) electrons. The highest BCUT2D eigenvalue weighted by atomic mass is 28.4. The molecule has 0 aromatic rings. The molecule has 15 heavy (non-hydrogen) atoms. The normalized spacial score (nSPS) is 15.4. The van der Waals surface area contributed by atoms with Crippen LogP contribution in [-0.2, 0) is 12.3 Å². The van der Waals surface area contributed by atoms with Gasteiger partial charge in [-0.2, -0.15) is 0 Å². The lowest BCUT2D eigenvalue weighted by atomic mass is 10.2. The number of rotatable bonds is 5. The summed E-state index contributed by atoms with van der Waals surface area (Å²) in [4.78, 5) is 0. The van der Waals surface area contributed by atoms with Gasteiger partial charge in [-0.15, -0.1) is 0 Å². The van der Waals surface area contributed by atoms with Crippen molar-refractivity contribution in [3.05, 3.63) is 0 Å². The van der Waals surface area contributed by atoms with Crippen LogP contribution in [0.3, 0.4) is 0 Å². The van der Waals surface area contributed by atoms with Crippen LogP contribution >= 0.6 is 0 Å². The van der Waals surface area contributed by atoms with E-state index >= 15 is 0 Å². The zero-order valence-corrected chi connectivity index (χ0v) is 17.2. The Labute approximate surface area is 104 Å². The molecule has 3 nitrogen and oxygen atoms in total. The van der Waals surface area contributed by atoms with Crippen LogP contribution in [0.2, 0.25) is 10.1 Å². The maximum absolute atomic E-state index is 6.10. The fourth-order valence-electron chi connectivity index (χ4n) is 2.03. The lowest BCUT2D eigenvalue weighted by Gasteiger charge is -2.38. The predicted octanol–water partition coefficient (Wildman–Crippen LogP) is -0.362. The van der Waals surface area contributed by atoms with E-state index in [4.69, 9.17) is 12.3 Å². The Bertz CT molecular complexity index is 162. The van der Waals surface area contributed by atoms with Crippen molar-refractivity contribution in [1.82, 2.24) is 0 Å². The molecule has 92 valence electrons. The molecule has 0 saturated carbocycles. The Hall–Kier alpha value is 0.748. The molecule has 0 rings (SSSR count). The maximum atomic E-state index is 6.10. The monoisotopic (exact) mass is 282 g/mol. The van der Waals surface area contributed by atoms with E-state index in [1.54, 1.807) is 0 Å². The quantitative estimate of drug-likeness (QED) is 0.509. The van der Waals surface area contributed by atoms with Crippen molar-refractivity contribution in [1.29, 1.82) is 0 Å². The second-order valence-electron chi connectivity index (χ2n) is 6.01. The molecule has 0 atom stereocenters. The van der Waals surface area contributed by atoms with Crippen molar-refractivity contribution < 1.29 is 12.3 Å². The molecule has 0 aliphatic rings. The fraction of sp³-hybridized carbons (Fsp3) is 1.00. The van der Waals surface area contributed by atoms with Crippen LogP contribution in [-0.4, -0.2) is 39.5 Å². The maximum Gasteiger partial charge on any atom is 0.284 e.